The molecule has 2 aromatic carbocycles. The number of hydrogen-bond acceptors (Lipinski definition) is 4. The molecule has 1 heterocycles. The predicted molar refractivity (Wildman–Crippen MR) is 111 cm³/mol. The Morgan fingerprint density at radius 2 is 1.72 bits per heavy atom. The number of benzene rings is 2. The Hall–Kier alpha value is -3.12. The highest BCUT2D eigenvalue weighted by atomic mass is 35.5. The fraction of sp³-hybridized carbons (Fsp3) is 0.227. The van der Waals surface area contributed by atoms with E-state index in [9.17, 15) is 9.59 Å². The van der Waals surface area contributed by atoms with Crippen LogP contribution in [0.1, 0.15) is 37.5 Å². The van der Waals surface area contributed by atoms with Gasteiger partial charge in [-0.15, -0.1) is 0 Å². The number of halogens is 1. The maximum Gasteiger partial charge on any atom is 0.337 e. The van der Waals surface area contributed by atoms with Crippen molar-refractivity contribution in [3.63, 3.8) is 0 Å². The molecule has 1 amide bonds. The lowest BCUT2D eigenvalue weighted by Gasteiger charge is -2.17. The van der Waals surface area contributed by atoms with E-state index in [0.29, 0.717) is 35.1 Å². The molecule has 0 aliphatic rings. The molecule has 0 spiro atoms. The number of esters is 1. The number of carbonyl (C=O) groups is 2. The van der Waals surface area contributed by atoms with Gasteiger partial charge in [0.25, 0.3) is 5.91 Å². The Kier molecular flexibility index (Phi) is 6.34. The lowest BCUT2D eigenvalue weighted by molar-refractivity contribution is 0.0600. The van der Waals surface area contributed by atoms with Crippen LogP contribution >= 0.6 is 11.6 Å². The van der Waals surface area contributed by atoms with E-state index in [1.165, 1.54) is 7.11 Å². The number of amides is 1. The van der Waals surface area contributed by atoms with Crippen LogP contribution in [0.15, 0.2) is 54.6 Å². The van der Waals surface area contributed by atoms with Gasteiger partial charge >= 0.3 is 5.97 Å². The van der Waals surface area contributed by atoms with Crippen LogP contribution in [-0.2, 0) is 17.8 Å². The molecular formula is C22H22ClN3O3. The summed E-state index contributed by atoms with van der Waals surface area (Å²) in [4.78, 5) is 26.1. The monoisotopic (exact) mass is 411 g/mol. The van der Waals surface area contributed by atoms with Crippen LogP contribution in [0.3, 0.4) is 0 Å². The molecule has 0 fully saturated rings. The average Bonchev–Trinajstić information content (AvgIpc) is 3.01. The highest BCUT2D eigenvalue weighted by Gasteiger charge is 2.23. The molecule has 0 atom stereocenters. The van der Waals surface area contributed by atoms with Gasteiger partial charge in [0.1, 0.15) is 5.15 Å². The second-order valence-electron chi connectivity index (χ2n) is 6.74. The second kappa shape index (κ2) is 8.92. The molecule has 29 heavy (non-hydrogen) atoms. The van der Waals surface area contributed by atoms with Gasteiger partial charge in [-0.3, -0.25) is 4.79 Å². The summed E-state index contributed by atoms with van der Waals surface area (Å²) in [6.45, 7) is 2.64. The third-order valence-corrected chi connectivity index (χ3v) is 4.98. The maximum absolute atomic E-state index is 13.0. The van der Waals surface area contributed by atoms with E-state index in [0.717, 1.165) is 11.1 Å². The van der Waals surface area contributed by atoms with Crippen LogP contribution in [0, 0.1) is 6.92 Å². The number of ether oxygens (including phenoxy) is 1. The van der Waals surface area contributed by atoms with E-state index in [-0.39, 0.29) is 5.91 Å². The summed E-state index contributed by atoms with van der Waals surface area (Å²) in [7, 11) is 3.05. The fourth-order valence-electron chi connectivity index (χ4n) is 3.06. The van der Waals surface area contributed by atoms with E-state index in [4.69, 9.17) is 16.3 Å². The highest BCUT2D eigenvalue weighted by Crippen LogP contribution is 2.23. The number of aromatic nitrogens is 2. The van der Waals surface area contributed by atoms with Crippen molar-refractivity contribution in [2.75, 3.05) is 14.2 Å². The van der Waals surface area contributed by atoms with Crippen molar-refractivity contribution in [1.82, 2.24) is 14.7 Å². The van der Waals surface area contributed by atoms with Crippen molar-refractivity contribution in [1.29, 1.82) is 0 Å². The van der Waals surface area contributed by atoms with Crippen LogP contribution in [0.2, 0.25) is 5.15 Å². The first-order valence-electron chi connectivity index (χ1n) is 9.10. The molecule has 1 aromatic heterocycles. The van der Waals surface area contributed by atoms with E-state index < -0.39 is 5.97 Å². The summed E-state index contributed by atoms with van der Waals surface area (Å²) >= 11 is 6.49. The van der Waals surface area contributed by atoms with E-state index in [1.807, 2.05) is 30.3 Å². The molecule has 0 saturated carbocycles. The van der Waals surface area contributed by atoms with Crippen molar-refractivity contribution < 1.29 is 14.3 Å². The largest absolute Gasteiger partial charge is 0.465 e. The highest BCUT2D eigenvalue weighted by molar-refractivity contribution is 6.33. The smallest absolute Gasteiger partial charge is 0.337 e. The van der Waals surface area contributed by atoms with Gasteiger partial charge in [-0.25, -0.2) is 9.48 Å². The van der Waals surface area contributed by atoms with Gasteiger partial charge in [0, 0.05) is 13.6 Å². The van der Waals surface area contributed by atoms with Gasteiger partial charge in [0.2, 0.25) is 0 Å². The molecule has 0 saturated heterocycles. The van der Waals surface area contributed by atoms with Crippen LogP contribution in [0.25, 0.3) is 0 Å². The van der Waals surface area contributed by atoms with Crippen LogP contribution < -0.4 is 0 Å². The standard InChI is InChI=1S/C22H22ClN3O3/c1-15-19(20(23)26(24-15)14-16-7-5-4-6-8-16)21(27)25(2)13-17-9-11-18(12-10-17)22(28)29-3/h4-12H,13-14H2,1-3H3. The Morgan fingerprint density at radius 1 is 1.07 bits per heavy atom. The zero-order valence-corrected chi connectivity index (χ0v) is 17.3. The Morgan fingerprint density at radius 3 is 2.34 bits per heavy atom. The molecule has 150 valence electrons. The lowest BCUT2D eigenvalue weighted by Crippen LogP contribution is -2.26. The van der Waals surface area contributed by atoms with Crippen molar-refractivity contribution in [3.8, 4) is 0 Å². The summed E-state index contributed by atoms with van der Waals surface area (Å²) in [5.74, 6) is -0.599. The topological polar surface area (TPSA) is 64.4 Å². The van der Waals surface area contributed by atoms with Gasteiger partial charge < -0.3 is 9.64 Å². The van der Waals surface area contributed by atoms with Gasteiger partial charge in [0.05, 0.1) is 30.5 Å². The molecule has 0 aliphatic heterocycles. The quantitative estimate of drug-likeness (QED) is 0.576. The van der Waals surface area contributed by atoms with Gasteiger partial charge in [0.15, 0.2) is 0 Å². The minimum Gasteiger partial charge on any atom is -0.465 e. The molecule has 0 bridgehead atoms. The summed E-state index contributed by atoms with van der Waals surface area (Å²) in [5, 5.41) is 4.77. The van der Waals surface area contributed by atoms with Crippen LogP contribution in [0.4, 0.5) is 0 Å². The van der Waals surface area contributed by atoms with E-state index >= 15 is 0 Å². The van der Waals surface area contributed by atoms with Crippen molar-refractivity contribution in [2.24, 2.45) is 0 Å². The van der Waals surface area contributed by atoms with E-state index in [2.05, 4.69) is 5.10 Å². The van der Waals surface area contributed by atoms with Gasteiger partial charge in [-0.2, -0.15) is 5.10 Å². The number of aryl methyl sites for hydroxylation is 1. The van der Waals surface area contributed by atoms with Gasteiger partial charge in [-0.1, -0.05) is 54.1 Å². The first-order chi connectivity index (χ1) is 13.9. The normalized spacial score (nSPS) is 10.6. The molecule has 7 heteroatoms. The van der Waals surface area contributed by atoms with Crippen molar-refractivity contribution >= 4 is 23.5 Å². The molecule has 6 nitrogen and oxygen atoms in total. The first-order valence-corrected chi connectivity index (χ1v) is 9.48. The molecule has 0 N–H and O–H groups in total. The number of nitrogens with zero attached hydrogens (tertiary/aromatic N) is 3. The third kappa shape index (κ3) is 4.66. The van der Waals surface area contributed by atoms with E-state index in [1.54, 1.807) is 47.8 Å². The number of carbonyl (C=O) groups excluding carboxylic acids is 2. The minimum absolute atomic E-state index is 0.205. The Labute approximate surface area is 174 Å². The van der Waals surface area contributed by atoms with Crippen molar-refractivity contribution in [2.45, 2.75) is 20.0 Å². The zero-order valence-electron chi connectivity index (χ0n) is 16.6. The maximum atomic E-state index is 13.0. The summed E-state index contributed by atoms with van der Waals surface area (Å²) in [6.07, 6.45) is 0. The summed E-state index contributed by atoms with van der Waals surface area (Å²) in [5.41, 5.74) is 3.39. The molecular weight excluding hydrogens is 390 g/mol. The Bertz CT molecular complexity index is 1010. The summed E-state index contributed by atoms with van der Waals surface area (Å²) in [6, 6.07) is 16.8. The SMILES string of the molecule is COC(=O)c1ccc(CN(C)C(=O)c2c(C)nn(Cc3ccccc3)c2Cl)cc1. The molecule has 3 rings (SSSR count). The predicted octanol–water partition coefficient (Wildman–Crippen LogP) is 3.95. The fourth-order valence-corrected chi connectivity index (χ4v) is 3.37. The number of hydrogen-bond donors (Lipinski definition) is 0. The summed E-state index contributed by atoms with van der Waals surface area (Å²) < 4.78 is 6.33. The molecule has 0 radical (unpaired) electrons. The molecule has 0 unspecified atom stereocenters. The lowest BCUT2D eigenvalue weighted by atomic mass is 10.1. The minimum atomic E-state index is -0.394. The average molecular weight is 412 g/mol. The number of rotatable bonds is 6. The number of methoxy groups -OCH3 is 1. The molecule has 0 aliphatic carbocycles. The van der Waals surface area contributed by atoms with Crippen LogP contribution in [0.5, 0.6) is 0 Å². The second-order valence-corrected chi connectivity index (χ2v) is 7.10. The molecule has 3 aromatic rings. The van der Waals surface area contributed by atoms with Gasteiger partial charge in [-0.05, 0) is 30.2 Å². The van der Waals surface area contributed by atoms with Crippen LogP contribution in [-0.4, -0.2) is 40.7 Å². The Balaban J connectivity index is 1.75. The third-order valence-electron chi connectivity index (χ3n) is 4.60. The zero-order chi connectivity index (χ0) is 21.0. The first kappa shape index (κ1) is 20.6. The van der Waals surface area contributed by atoms with Crippen molar-refractivity contribution in [3.05, 3.63) is 87.7 Å².